The molecule has 0 aliphatic carbocycles. The lowest BCUT2D eigenvalue weighted by molar-refractivity contribution is -0.123. The number of nitrogens with zero attached hydrogens (tertiary/aromatic N) is 1. The van der Waals surface area contributed by atoms with Crippen molar-refractivity contribution in [3.63, 3.8) is 0 Å². The van der Waals surface area contributed by atoms with Crippen molar-refractivity contribution in [2.75, 3.05) is 13.7 Å². The molecule has 114 valence electrons. The minimum Gasteiger partial charge on any atom is -0.496 e. The number of ether oxygens (including phenoxy) is 2. The first-order valence-electron chi connectivity index (χ1n) is 6.52. The summed E-state index contributed by atoms with van der Waals surface area (Å²) in [5, 5.41) is 3.88. The highest BCUT2D eigenvalue weighted by Crippen LogP contribution is 2.16. The van der Waals surface area contributed by atoms with Crippen molar-refractivity contribution in [2.24, 2.45) is 5.10 Å². The average Bonchev–Trinajstić information content (AvgIpc) is 2.55. The molecule has 0 atom stereocenters. The lowest BCUT2D eigenvalue weighted by Gasteiger charge is -2.05. The number of hydrogen-bond donors (Lipinski definition) is 1. The Bertz CT molecular complexity index is 657. The van der Waals surface area contributed by atoms with Crippen molar-refractivity contribution in [1.82, 2.24) is 5.43 Å². The van der Waals surface area contributed by atoms with Crippen molar-refractivity contribution in [3.05, 3.63) is 58.6 Å². The van der Waals surface area contributed by atoms with Gasteiger partial charge in [-0.05, 0) is 36.4 Å². The van der Waals surface area contributed by atoms with Crippen molar-refractivity contribution >= 4 is 28.1 Å². The SMILES string of the molecule is COc1ccccc1/C=N/NC(=O)COc1ccc(Br)cc1. The van der Waals surface area contributed by atoms with Gasteiger partial charge in [0.2, 0.25) is 0 Å². The number of halogens is 1. The van der Waals surface area contributed by atoms with Gasteiger partial charge in [-0.3, -0.25) is 4.79 Å². The van der Waals surface area contributed by atoms with E-state index in [0.717, 1.165) is 10.0 Å². The number of benzene rings is 2. The average molecular weight is 363 g/mol. The third-order valence-electron chi connectivity index (χ3n) is 2.72. The van der Waals surface area contributed by atoms with E-state index < -0.39 is 0 Å². The second-order valence-corrected chi connectivity index (χ2v) is 5.19. The van der Waals surface area contributed by atoms with E-state index in [4.69, 9.17) is 9.47 Å². The second kappa shape index (κ2) is 8.19. The van der Waals surface area contributed by atoms with Crippen LogP contribution in [0, 0.1) is 0 Å². The van der Waals surface area contributed by atoms with Gasteiger partial charge in [0, 0.05) is 10.0 Å². The molecular weight excluding hydrogens is 348 g/mol. The van der Waals surface area contributed by atoms with Crippen LogP contribution >= 0.6 is 15.9 Å². The molecule has 6 heteroatoms. The van der Waals surface area contributed by atoms with Gasteiger partial charge < -0.3 is 9.47 Å². The highest BCUT2D eigenvalue weighted by atomic mass is 79.9. The molecule has 0 heterocycles. The lowest BCUT2D eigenvalue weighted by atomic mass is 10.2. The predicted octanol–water partition coefficient (Wildman–Crippen LogP) is 2.99. The lowest BCUT2D eigenvalue weighted by Crippen LogP contribution is -2.24. The Labute approximate surface area is 137 Å². The van der Waals surface area contributed by atoms with E-state index in [-0.39, 0.29) is 12.5 Å². The van der Waals surface area contributed by atoms with E-state index in [0.29, 0.717) is 11.5 Å². The fourth-order valence-electron chi connectivity index (χ4n) is 1.66. The van der Waals surface area contributed by atoms with Gasteiger partial charge in [0.15, 0.2) is 6.61 Å². The molecule has 0 saturated heterocycles. The Morgan fingerprint density at radius 1 is 1.23 bits per heavy atom. The van der Waals surface area contributed by atoms with Gasteiger partial charge >= 0.3 is 0 Å². The van der Waals surface area contributed by atoms with Crippen LogP contribution < -0.4 is 14.9 Å². The smallest absolute Gasteiger partial charge is 0.277 e. The molecule has 1 N–H and O–H groups in total. The van der Waals surface area contributed by atoms with E-state index in [1.54, 1.807) is 19.2 Å². The molecule has 5 nitrogen and oxygen atoms in total. The topological polar surface area (TPSA) is 59.9 Å². The molecule has 0 aliphatic rings. The number of hydrazone groups is 1. The van der Waals surface area contributed by atoms with Gasteiger partial charge in [0.1, 0.15) is 11.5 Å². The molecule has 0 saturated carbocycles. The maximum atomic E-state index is 11.6. The van der Waals surface area contributed by atoms with Crippen LogP contribution in [0.3, 0.4) is 0 Å². The molecule has 0 aromatic heterocycles. The third-order valence-corrected chi connectivity index (χ3v) is 3.24. The monoisotopic (exact) mass is 362 g/mol. The summed E-state index contributed by atoms with van der Waals surface area (Å²) in [6, 6.07) is 14.6. The molecule has 0 radical (unpaired) electrons. The van der Waals surface area contributed by atoms with Crippen LogP contribution in [0.5, 0.6) is 11.5 Å². The van der Waals surface area contributed by atoms with Crippen LogP contribution in [0.15, 0.2) is 58.1 Å². The molecule has 0 aliphatic heterocycles. The van der Waals surface area contributed by atoms with E-state index in [1.807, 2.05) is 36.4 Å². The van der Waals surface area contributed by atoms with Gasteiger partial charge in [-0.2, -0.15) is 5.10 Å². The fourth-order valence-corrected chi connectivity index (χ4v) is 1.92. The summed E-state index contributed by atoms with van der Waals surface area (Å²) in [6.07, 6.45) is 1.52. The minimum absolute atomic E-state index is 0.106. The van der Waals surface area contributed by atoms with Crippen LogP contribution in [0.25, 0.3) is 0 Å². The molecule has 0 spiro atoms. The van der Waals surface area contributed by atoms with Gasteiger partial charge in [-0.25, -0.2) is 5.43 Å². The molecule has 2 aromatic rings. The summed E-state index contributed by atoms with van der Waals surface area (Å²) in [5.41, 5.74) is 3.18. The number of amides is 1. The molecule has 1 amide bonds. The zero-order valence-corrected chi connectivity index (χ0v) is 13.5. The molecule has 0 unspecified atom stereocenters. The van der Waals surface area contributed by atoms with E-state index in [2.05, 4.69) is 26.5 Å². The number of nitrogens with one attached hydrogen (secondary N) is 1. The minimum atomic E-state index is -0.339. The Morgan fingerprint density at radius 2 is 1.95 bits per heavy atom. The summed E-state index contributed by atoms with van der Waals surface area (Å²) < 4.78 is 11.5. The summed E-state index contributed by atoms with van der Waals surface area (Å²) in [7, 11) is 1.58. The first-order valence-corrected chi connectivity index (χ1v) is 7.31. The van der Waals surface area contributed by atoms with Crippen LogP contribution in [0.2, 0.25) is 0 Å². The van der Waals surface area contributed by atoms with E-state index in [1.165, 1.54) is 6.21 Å². The maximum absolute atomic E-state index is 11.6. The Balaban J connectivity index is 1.82. The highest BCUT2D eigenvalue weighted by Gasteiger charge is 2.02. The maximum Gasteiger partial charge on any atom is 0.277 e. The largest absolute Gasteiger partial charge is 0.496 e. The molecule has 22 heavy (non-hydrogen) atoms. The zero-order valence-electron chi connectivity index (χ0n) is 12.0. The third kappa shape index (κ3) is 4.89. The van der Waals surface area contributed by atoms with Gasteiger partial charge in [0.25, 0.3) is 5.91 Å². The van der Waals surface area contributed by atoms with Crippen LogP contribution in [-0.2, 0) is 4.79 Å². The number of carbonyl (C=O) groups excluding carboxylic acids is 1. The van der Waals surface area contributed by atoms with Crippen LogP contribution in [0.4, 0.5) is 0 Å². The zero-order chi connectivity index (χ0) is 15.8. The van der Waals surface area contributed by atoms with Crippen molar-refractivity contribution < 1.29 is 14.3 Å². The van der Waals surface area contributed by atoms with E-state index in [9.17, 15) is 4.79 Å². The summed E-state index contributed by atoms with van der Waals surface area (Å²) in [4.78, 5) is 11.6. The van der Waals surface area contributed by atoms with Gasteiger partial charge in [0.05, 0.1) is 13.3 Å². The number of carbonyl (C=O) groups is 1. The molecule has 0 fully saturated rings. The number of methoxy groups -OCH3 is 1. The number of para-hydroxylation sites is 1. The summed E-state index contributed by atoms with van der Waals surface area (Å²) in [5.74, 6) is 0.965. The predicted molar refractivity (Wildman–Crippen MR) is 88.4 cm³/mol. The van der Waals surface area contributed by atoms with Crippen LogP contribution in [-0.4, -0.2) is 25.8 Å². The highest BCUT2D eigenvalue weighted by molar-refractivity contribution is 9.10. The Kier molecular flexibility index (Phi) is 5.97. The summed E-state index contributed by atoms with van der Waals surface area (Å²) >= 11 is 3.33. The Morgan fingerprint density at radius 3 is 2.68 bits per heavy atom. The quantitative estimate of drug-likeness (QED) is 0.634. The van der Waals surface area contributed by atoms with Crippen molar-refractivity contribution in [1.29, 1.82) is 0 Å². The van der Waals surface area contributed by atoms with Crippen molar-refractivity contribution in [3.8, 4) is 11.5 Å². The molecular formula is C16H15BrN2O3. The van der Waals surface area contributed by atoms with Crippen LogP contribution in [0.1, 0.15) is 5.56 Å². The van der Waals surface area contributed by atoms with Gasteiger partial charge in [-0.15, -0.1) is 0 Å². The number of rotatable bonds is 6. The fraction of sp³-hybridized carbons (Fsp3) is 0.125. The standard InChI is InChI=1S/C16H15BrN2O3/c1-21-15-5-3-2-4-12(15)10-18-19-16(20)11-22-14-8-6-13(17)7-9-14/h2-10H,11H2,1H3,(H,19,20)/b18-10+. The Hall–Kier alpha value is -2.34. The molecule has 2 rings (SSSR count). The van der Waals surface area contributed by atoms with Crippen molar-refractivity contribution in [2.45, 2.75) is 0 Å². The molecule has 0 bridgehead atoms. The second-order valence-electron chi connectivity index (χ2n) is 4.28. The number of hydrogen-bond acceptors (Lipinski definition) is 4. The van der Waals surface area contributed by atoms with Gasteiger partial charge in [-0.1, -0.05) is 28.1 Å². The van der Waals surface area contributed by atoms with E-state index >= 15 is 0 Å². The normalized spacial score (nSPS) is 10.5. The first kappa shape index (κ1) is 16.0. The first-order chi connectivity index (χ1) is 10.7. The molecule has 2 aromatic carbocycles. The summed E-state index contributed by atoms with van der Waals surface area (Å²) in [6.45, 7) is -0.106.